The van der Waals surface area contributed by atoms with E-state index >= 15 is 0 Å². The summed E-state index contributed by atoms with van der Waals surface area (Å²) in [4.78, 5) is 71.2. The van der Waals surface area contributed by atoms with E-state index in [1.807, 2.05) is 0 Å². The van der Waals surface area contributed by atoms with Gasteiger partial charge in [0.2, 0.25) is 23.6 Å². The molecule has 0 aliphatic heterocycles. The normalized spacial score (nSPS) is 14.6. The van der Waals surface area contributed by atoms with Crippen LogP contribution in [0.3, 0.4) is 0 Å². The number of carboxylic acids is 2. The van der Waals surface area contributed by atoms with Crippen LogP contribution < -0.4 is 27.4 Å². The van der Waals surface area contributed by atoms with Gasteiger partial charge in [-0.2, -0.15) is 0 Å². The number of nitrogens with one attached hydrogen (secondary N) is 3. The van der Waals surface area contributed by atoms with E-state index in [4.69, 9.17) is 16.6 Å². The largest absolute Gasteiger partial charge is 0.481 e. The SMILES string of the molecule is CC(C)CC(NC(=O)C(N)CC(=O)O)C(=O)NC(CC(C)C)C(=O)NC(CCC(N)=O)C(=O)O. The molecule has 13 nitrogen and oxygen atoms in total. The molecule has 0 radical (unpaired) electrons. The lowest BCUT2D eigenvalue weighted by atomic mass is 9.99. The molecule has 0 aliphatic rings. The first-order valence-electron chi connectivity index (χ1n) is 11.0. The van der Waals surface area contributed by atoms with Crippen molar-refractivity contribution in [3.8, 4) is 0 Å². The zero-order valence-corrected chi connectivity index (χ0v) is 20.0. The van der Waals surface area contributed by atoms with Gasteiger partial charge in [0.25, 0.3) is 0 Å². The number of hydrogen-bond donors (Lipinski definition) is 7. The molecule has 9 N–H and O–H groups in total. The topological polar surface area (TPSA) is 231 Å². The van der Waals surface area contributed by atoms with E-state index < -0.39 is 66.2 Å². The van der Waals surface area contributed by atoms with Gasteiger partial charge in [-0.1, -0.05) is 27.7 Å². The number of carboxylic acid groups (broad SMARTS) is 2. The van der Waals surface area contributed by atoms with Crippen LogP contribution in [0.2, 0.25) is 0 Å². The predicted molar refractivity (Wildman–Crippen MR) is 121 cm³/mol. The summed E-state index contributed by atoms with van der Waals surface area (Å²) in [6.07, 6.45) is -0.740. The van der Waals surface area contributed by atoms with Crippen molar-refractivity contribution < 1.29 is 39.0 Å². The number of nitrogens with two attached hydrogens (primary N) is 2. The zero-order chi connectivity index (χ0) is 26.6. The third kappa shape index (κ3) is 12.7. The monoisotopic (exact) mass is 487 g/mol. The number of amides is 4. The molecule has 0 rings (SSSR count). The van der Waals surface area contributed by atoms with Crippen molar-refractivity contribution in [1.82, 2.24) is 16.0 Å². The van der Waals surface area contributed by atoms with Crippen LogP contribution in [-0.2, 0) is 28.8 Å². The Labute approximate surface area is 198 Å². The van der Waals surface area contributed by atoms with E-state index in [0.29, 0.717) is 0 Å². The molecular weight excluding hydrogens is 450 g/mol. The Morgan fingerprint density at radius 1 is 0.735 bits per heavy atom. The van der Waals surface area contributed by atoms with Crippen LogP contribution in [0.1, 0.15) is 59.8 Å². The minimum Gasteiger partial charge on any atom is -0.481 e. The molecule has 0 aromatic heterocycles. The van der Waals surface area contributed by atoms with E-state index in [1.54, 1.807) is 27.7 Å². The number of primary amides is 1. The average molecular weight is 488 g/mol. The summed E-state index contributed by atoms with van der Waals surface area (Å²) in [6.45, 7) is 7.20. The molecule has 4 atom stereocenters. The van der Waals surface area contributed by atoms with Crippen LogP contribution in [0.4, 0.5) is 0 Å². The highest BCUT2D eigenvalue weighted by Crippen LogP contribution is 2.10. The van der Waals surface area contributed by atoms with E-state index in [0.717, 1.165) is 0 Å². The molecule has 4 unspecified atom stereocenters. The second-order valence-corrected chi connectivity index (χ2v) is 8.99. The Morgan fingerprint density at radius 2 is 1.15 bits per heavy atom. The van der Waals surface area contributed by atoms with Crippen LogP contribution in [-0.4, -0.2) is 69.9 Å². The molecule has 0 aromatic rings. The number of aliphatic carboxylic acids is 2. The molecule has 194 valence electrons. The van der Waals surface area contributed by atoms with Crippen LogP contribution >= 0.6 is 0 Å². The molecule has 0 aromatic carbocycles. The van der Waals surface area contributed by atoms with Gasteiger partial charge in [-0.25, -0.2) is 4.79 Å². The molecule has 0 saturated heterocycles. The first-order valence-corrected chi connectivity index (χ1v) is 11.0. The van der Waals surface area contributed by atoms with Crippen molar-refractivity contribution in [1.29, 1.82) is 0 Å². The van der Waals surface area contributed by atoms with Crippen LogP contribution in [0.25, 0.3) is 0 Å². The van der Waals surface area contributed by atoms with Crippen LogP contribution in [0.5, 0.6) is 0 Å². The summed E-state index contributed by atoms with van der Waals surface area (Å²) in [5.74, 6) is -5.76. The summed E-state index contributed by atoms with van der Waals surface area (Å²) in [5.41, 5.74) is 10.6. The van der Waals surface area contributed by atoms with Gasteiger partial charge in [-0.15, -0.1) is 0 Å². The van der Waals surface area contributed by atoms with Gasteiger partial charge in [0.05, 0.1) is 12.5 Å². The fourth-order valence-electron chi connectivity index (χ4n) is 3.05. The summed E-state index contributed by atoms with van der Waals surface area (Å²) in [6, 6.07) is -4.97. The molecule has 0 heterocycles. The Hall–Kier alpha value is -3.22. The van der Waals surface area contributed by atoms with Crippen molar-refractivity contribution in [2.75, 3.05) is 0 Å². The van der Waals surface area contributed by atoms with Gasteiger partial charge < -0.3 is 37.6 Å². The maximum Gasteiger partial charge on any atom is 0.326 e. The molecule has 0 bridgehead atoms. The lowest BCUT2D eigenvalue weighted by Gasteiger charge is -2.26. The fourth-order valence-corrected chi connectivity index (χ4v) is 3.05. The minimum atomic E-state index is -1.38. The van der Waals surface area contributed by atoms with Gasteiger partial charge in [-0.3, -0.25) is 24.0 Å². The highest BCUT2D eigenvalue weighted by atomic mass is 16.4. The highest BCUT2D eigenvalue weighted by Gasteiger charge is 2.31. The quantitative estimate of drug-likeness (QED) is 0.137. The summed E-state index contributed by atoms with van der Waals surface area (Å²) in [5, 5.41) is 25.4. The number of rotatable bonds is 16. The first-order chi connectivity index (χ1) is 15.6. The third-order valence-corrected chi connectivity index (χ3v) is 4.71. The van der Waals surface area contributed by atoms with Crippen LogP contribution in [0, 0.1) is 11.8 Å². The Morgan fingerprint density at radius 3 is 1.50 bits per heavy atom. The lowest BCUT2D eigenvalue weighted by molar-refractivity contribution is -0.142. The van der Waals surface area contributed by atoms with E-state index in [9.17, 15) is 33.9 Å². The van der Waals surface area contributed by atoms with Crippen molar-refractivity contribution in [2.45, 2.75) is 84.0 Å². The standard InChI is InChI=1S/C21H37N5O8/c1-10(2)7-14(25-18(30)12(22)9-17(28)29)20(32)26-15(8-11(3)4)19(31)24-13(21(33)34)5-6-16(23)27/h10-15H,5-9,22H2,1-4H3,(H2,23,27)(H,24,31)(H,25,30)(H,26,32)(H,28,29)(H,33,34). The zero-order valence-electron chi connectivity index (χ0n) is 20.0. The summed E-state index contributed by atoms with van der Waals surface area (Å²) >= 11 is 0. The number of carbonyl (C=O) groups is 6. The summed E-state index contributed by atoms with van der Waals surface area (Å²) in [7, 11) is 0. The smallest absolute Gasteiger partial charge is 0.326 e. The molecule has 0 aliphatic carbocycles. The van der Waals surface area contributed by atoms with E-state index in [1.165, 1.54) is 0 Å². The van der Waals surface area contributed by atoms with Gasteiger partial charge in [0.1, 0.15) is 18.1 Å². The lowest BCUT2D eigenvalue weighted by Crippen LogP contribution is -2.57. The Kier molecular flexibility index (Phi) is 13.4. The minimum absolute atomic E-state index is 0.0469. The fraction of sp³-hybridized carbons (Fsp3) is 0.714. The molecule has 13 heteroatoms. The molecule has 0 fully saturated rings. The van der Waals surface area contributed by atoms with Crippen molar-refractivity contribution in [3.63, 3.8) is 0 Å². The van der Waals surface area contributed by atoms with Crippen molar-refractivity contribution in [3.05, 3.63) is 0 Å². The van der Waals surface area contributed by atoms with Gasteiger partial charge in [-0.05, 0) is 31.1 Å². The van der Waals surface area contributed by atoms with Crippen molar-refractivity contribution in [2.24, 2.45) is 23.3 Å². The van der Waals surface area contributed by atoms with E-state index in [2.05, 4.69) is 16.0 Å². The Balaban J connectivity index is 5.52. The van der Waals surface area contributed by atoms with Crippen LogP contribution in [0.15, 0.2) is 0 Å². The third-order valence-electron chi connectivity index (χ3n) is 4.71. The van der Waals surface area contributed by atoms with Gasteiger partial charge in [0.15, 0.2) is 0 Å². The molecule has 4 amide bonds. The highest BCUT2D eigenvalue weighted by molar-refractivity contribution is 5.94. The maximum absolute atomic E-state index is 12.9. The molecular formula is C21H37N5O8. The first kappa shape index (κ1) is 30.8. The second kappa shape index (κ2) is 14.8. The Bertz CT molecular complexity index is 755. The van der Waals surface area contributed by atoms with Gasteiger partial charge >= 0.3 is 11.9 Å². The predicted octanol–water partition coefficient (Wildman–Crippen LogP) is -1.31. The van der Waals surface area contributed by atoms with E-state index in [-0.39, 0.29) is 37.5 Å². The van der Waals surface area contributed by atoms with Crippen molar-refractivity contribution >= 4 is 35.6 Å². The average Bonchev–Trinajstić information content (AvgIpc) is 2.68. The maximum atomic E-state index is 12.9. The summed E-state index contributed by atoms with van der Waals surface area (Å²) < 4.78 is 0. The number of hydrogen-bond acceptors (Lipinski definition) is 7. The number of carbonyl (C=O) groups excluding carboxylic acids is 4. The molecule has 0 spiro atoms. The molecule has 34 heavy (non-hydrogen) atoms. The van der Waals surface area contributed by atoms with Gasteiger partial charge in [0, 0.05) is 6.42 Å². The second-order valence-electron chi connectivity index (χ2n) is 8.99. The molecule has 0 saturated carbocycles.